The number of amides is 1. The Morgan fingerprint density at radius 1 is 1.19 bits per heavy atom. The van der Waals surface area contributed by atoms with Crippen molar-refractivity contribution in [3.8, 4) is 0 Å². The van der Waals surface area contributed by atoms with Crippen LogP contribution >= 0.6 is 23.2 Å². The molecule has 2 aromatic rings. The Bertz CT molecular complexity index is 641. The van der Waals surface area contributed by atoms with Crippen LogP contribution in [0.15, 0.2) is 30.3 Å². The van der Waals surface area contributed by atoms with Gasteiger partial charge in [0.2, 0.25) is 5.28 Å². The number of anilines is 2. The van der Waals surface area contributed by atoms with E-state index in [-0.39, 0.29) is 28.2 Å². The minimum atomic E-state index is -0.301. The molecule has 5 nitrogen and oxygen atoms in total. The van der Waals surface area contributed by atoms with E-state index in [9.17, 15) is 4.79 Å². The number of carbonyl (C=O) groups is 1. The third-order valence-corrected chi connectivity index (χ3v) is 2.89. The lowest BCUT2D eigenvalue weighted by Crippen LogP contribution is -2.18. The van der Waals surface area contributed by atoms with Gasteiger partial charge < -0.3 is 10.6 Å². The second-order valence-corrected chi connectivity index (χ2v) is 5.37. The first-order valence-electron chi connectivity index (χ1n) is 6.32. The van der Waals surface area contributed by atoms with E-state index in [1.54, 1.807) is 12.1 Å². The van der Waals surface area contributed by atoms with Crippen LogP contribution < -0.4 is 10.6 Å². The average Bonchev–Trinajstić information content (AvgIpc) is 2.37. The minimum absolute atomic E-state index is 0.0219. The second-order valence-electron chi connectivity index (χ2n) is 4.64. The van der Waals surface area contributed by atoms with Crippen LogP contribution in [0.4, 0.5) is 11.5 Å². The number of para-hydroxylation sites is 1. The van der Waals surface area contributed by atoms with Crippen LogP contribution in [-0.2, 0) is 0 Å². The molecule has 1 heterocycles. The van der Waals surface area contributed by atoms with Crippen LogP contribution in [0.3, 0.4) is 0 Å². The van der Waals surface area contributed by atoms with E-state index in [2.05, 4.69) is 20.6 Å². The van der Waals surface area contributed by atoms with E-state index in [1.165, 1.54) is 6.07 Å². The van der Waals surface area contributed by atoms with Crippen molar-refractivity contribution < 1.29 is 4.79 Å². The zero-order chi connectivity index (χ0) is 15.4. The maximum absolute atomic E-state index is 12.3. The van der Waals surface area contributed by atoms with Gasteiger partial charge in [-0.05, 0) is 37.6 Å². The molecule has 1 aromatic heterocycles. The van der Waals surface area contributed by atoms with E-state index < -0.39 is 0 Å². The van der Waals surface area contributed by atoms with Crippen molar-refractivity contribution in [2.45, 2.75) is 19.9 Å². The van der Waals surface area contributed by atoms with Crippen molar-refractivity contribution in [2.75, 3.05) is 10.6 Å². The van der Waals surface area contributed by atoms with Crippen molar-refractivity contribution in [3.63, 3.8) is 0 Å². The van der Waals surface area contributed by atoms with Gasteiger partial charge in [-0.15, -0.1) is 0 Å². The lowest BCUT2D eigenvalue weighted by Gasteiger charge is -2.14. The molecule has 0 atom stereocenters. The number of nitrogens with one attached hydrogen (secondary N) is 2. The highest BCUT2D eigenvalue weighted by atomic mass is 35.5. The molecule has 21 heavy (non-hydrogen) atoms. The molecule has 0 spiro atoms. The van der Waals surface area contributed by atoms with Gasteiger partial charge in [-0.25, -0.2) is 9.97 Å². The third-order valence-electron chi connectivity index (χ3n) is 2.53. The highest BCUT2D eigenvalue weighted by molar-refractivity contribution is 6.32. The molecule has 0 radical (unpaired) electrons. The number of hydrogen-bond acceptors (Lipinski definition) is 4. The Morgan fingerprint density at radius 3 is 2.57 bits per heavy atom. The Morgan fingerprint density at radius 2 is 1.90 bits per heavy atom. The van der Waals surface area contributed by atoms with E-state index in [0.29, 0.717) is 5.56 Å². The first kappa shape index (κ1) is 15.5. The summed E-state index contributed by atoms with van der Waals surface area (Å²) < 4.78 is 0. The van der Waals surface area contributed by atoms with Gasteiger partial charge >= 0.3 is 0 Å². The molecule has 2 rings (SSSR count). The molecule has 7 heteroatoms. The fourth-order valence-electron chi connectivity index (χ4n) is 1.76. The van der Waals surface area contributed by atoms with Gasteiger partial charge in [0, 0.05) is 17.8 Å². The topological polar surface area (TPSA) is 66.9 Å². The average molecular weight is 325 g/mol. The molecule has 0 bridgehead atoms. The van der Waals surface area contributed by atoms with Gasteiger partial charge in [0.1, 0.15) is 11.0 Å². The Hall–Kier alpha value is -1.85. The highest BCUT2D eigenvalue weighted by Gasteiger charge is 2.13. The molecular weight excluding hydrogens is 311 g/mol. The van der Waals surface area contributed by atoms with E-state index >= 15 is 0 Å². The summed E-state index contributed by atoms with van der Waals surface area (Å²) in [4.78, 5) is 20.0. The molecule has 0 fully saturated rings. The van der Waals surface area contributed by atoms with Gasteiger partial charge in [-0.1, -0.05) is 23.7 Å². The molecule has 0 aliphatic heterocycles. The molecule has 110 valence electrons. The normalized spacial score (nSPS) is 10.5. The number of halogens is 2. The quantitative estimate of drug-likeness (QED) is 0.662. The number of rotatable bonds is 4. The largest absolute Gasteiger partial charge is 0.382 e. The fourth-order valence-corrected chi connectivity index (χ4v) is 2.16. The maximum Gasteiger partial charge on any atom is 0.258 e. The lowest BCUT2D eigenvalue weighted by atomic mass is 10.1. The monoisotopic (exact) mass is 324 g/mol. The number of aromatic nitrogens is 2. The van der Waals surface area contributed by atoms with Crippen LogP contribution in [0.1, 0.15) is 24.2 Å². The fraction of sp³-hybridized carbons (Fsp3) is 0.214. The number of benzene rings is 1. The standard InChI is InChI=1S/C14H14Cl2N4O/c1-8(2)17-10-6-4-3-5-9(10)13(21)19-12-7-11(15)18-14(16)20-12/h3-8,17H,1-2H3,(H,18,19,20,21). The zero-order valence-corrected chi connectivity index (χ0v) is 13.0. The highest BCUT2D eigenvalue weighted by Crippen LogP contribution is 2.19. The van der Waals surface area contributed by atoms with Gasteiger partial charge in [0.25, 0.3) is 5.91 Å². The summed E-state index contributed by atoms with van der Waals surface area (Å²) in [6, 6.07) is 8.87. The Balaban J connectivity index is 2.24. The molecule has 0 saturated heterocycles. The summed E-state index contributed by atoms with van der Waals surface area (Å²) in [5.74, 6) is -0.0473. The summed E-state index contributed by atoms with van der Waals surface area (Å²) in [6.45, 7) is 4.00. The minimum Gasteiger partial charge on any atom is -0.382 e. The first-order valence-corrected chi connectivity index (χ1v) is 7.08. The summed E-state index contributed by atoms with van der Waals surface area (Å²) in [6.07, 6.45) is 0. The third kappa shape index (κ3) is 4.31. The molecule has 2 N–H and O–H groups in total. The van der Waals surface area contributed by atoms with E-state index in [4.69, 9.17) is 23.2 Å². The van der Waals surface area contributed by atoms with Crippen LogP contribution in [-0.4, -0.2) is 21.9 Å². The van der Waals surface area contributed by atoms with Crippen LogP contribution in [0, 0.1) is 0 Å². The molecular formula is C14H14Cl2N4O. The second kappa shape index (κ2) is 6.74. The molecule has 0 unspecified atom stereocenters. The summed E-state index contributed by atoms with van der Waals surface area (Å²) in [5, 5.41) is 6.02. The van der Waals surface area contributed by atoms with E-state index in [0.717, 1.165) is 5.69 Å². The summed E-state index contributed by atoms with van der Waals surface area (Å²) in [7, 11) is 0. The van der Waals surface area contributed by atoms with Crippen molar-refractivity contribution in [1.82, 2.24) is 9.97 Å². The number of carbonyl (C=O) groups excluding carboxylic acids is 1. The maximum atomic E-state index is 12.3. The summed E-state index contributed by atoms with van der Waals surface area (Å²) in [5.41, 5.74) is 1.26. The van der Waals surface area contributed by atoms with Crippen LogP contribution in [0.2, 0.25) is 10.4 Å². The first-order chi connectivity index (χ1) is 9.95. The molecule has 1 amide bonds. The van der Waals surface area contributed by atoms with Crippen LogP contribution in [0.25, 0.3) is 0 Å². The SMILES string of the molecule is CC(C)Nc1ccccc1C(=O)Nc1cc(Cl)nc(Cl)n1. The molecule has 0 aliphatic carbocycles. The van der Waals surface area contributed by atoms with Crippen LogP contribution in [0.5, 0.6) is 0 Å². The Labute approximate surface area is 132 Å². The predicted molar refractivity (Wildman–Crippen MR) is 85.2 cm³/mol. The number of hydrogen-bond donors (Lipinski definition) is 2. The lowest BCUT2D eigenvalue weighted by molar-refractivity contribution is 0.102. The van der Waals surface area contributed by atoms with Crippen molar-refractivity contribution >= 4 is 40.6 Å². The molecule has 1 aromatic carbocycles. The predicted octanol–water partition coefficient (Wildman–Crippen LogP) is 3.86. The Kier molecular flexibility index (Phi) is 4.98. The van der Waals surface area contributed by atoms with E-state index in [1.807, 2.05) is 26.0 Å². The van der Waals surface area contributed by atoms with Crippen molar-refractivity contribution in [1.29, 1.82) is 0 Å². The van der Waals surface area contributed by atoms with Gasteiger partial charge in [0.05, 0.1) is 5.56 Å². The summed E-state index contributed by atoms with van der Waals surface area (Å²) >= 11 is 11.5. The molecule has 0 aliphatic rings. The van der Waals surface area contributed by atoms with Gasteiger partial charge in [-0.2, -0.15) is 0 Å². The van der Waals surface area contributed by atoms with Gasteiger partial charge in [-0.3, -0.25) is 4.79 Å². The zero-order valence-electron chi connectivity index (χ0n) is 11.5. The van der Waals surface area contributed by atoms with Crippen molar-refractivity contribution in [2.24, 2.45) is 0 Å². The number of nitrogens with zero attached hydrogens (tertiary/aromatic N) is 2. The van der Waals surface area contributed by atoms with Gasteiger partial charge in [0.15, 0.2) is 0 Å². The molecule has 0 saturated carbocycles. The smallest absolute Gasteiger partial charge is 0.258 e. The van der Waals surface area contributed by atoms with Crippen molar-refractivity contribution in [3.05, 3.63) is 46.3 Å².